The summed E-state index contributed by atoms with van der Waals surface area (Å²) in [5, 5.41) is 0. The van der Waals surface area contributed by atoms with Crippen LogP contribution in [0.3, 0.4) is 0 Å². The summed E-state index contributed by atoms with van der Waals surface area (Å²) in [5.74, 6) is 1.99. The third-order valence-electron chi connectivity index (χ3n) is 5.55. The van der Waals surface area contributed by atoms with Crippen molar-refractivity contribution in [2.24, 2.45) is 23.0 Å². The van der Waals surface area contributed by atoms with E-state index in [0.29, 0.717) is 5.41 Å². The summed E-state index contributed by atoms with van der Waals surface area (Å²) in [5.41, 5.74) is 6.04. The largest absolute Gasteiger partial charge is 0.330 e. The maximum Gasteiger partial charge on any atom is -0.00773 e. The Bertz CT molecular complexity index is 241. The van der Waals surface area contributed by atoms with Gasteiger partial charge in [0.2, 0.25) is 0 Å². The van der Waals surface area contributed by atoms with Crippen LogP contribution in [0.25, 0.3) is 0 Å². The van der Waals surface area contributed by atoms with Gasteiger partial charge in [0, 0.05) is 0 Å². The van der Waals surface area contributed by atoms with Gasteiger partial charge in [0.15, 0.2) is 0 Å². The Morgan fingerprint density at radius 3 is 1.86 bits per heavy atom. The Morgan fingerprint density at radius 1 is 0.762 bits per heavy atom. The Balaban J connectivity index is 2.05. The molecule has 0 radical (unpaired) electrons. The van der Waals surface area contributed by atoms with E-state index < -0.39 is 0 Å². The standard InChI is InChI=1S/C20H41N/c1-20(2,3)19-16-12-11-15-18(19)14-10-8-6-4-5-7-9-13-17-21/h18-19H,4-17,21H2,1-3H3. The van der Waals surface area contributed by atoms with Crippen molar-refractivity contribution in [3.8, 4) is 0 Å². The van der Waals surface area contributed by atoms with Crippen molar-refractivity contribution in [3.05, 3.63) is 0 Å². The first-order valence-electron chi connectivity index (χ1n) is 9.76. The lowest BCUT2D eigenvalue weighted by Gasteiger charge is -2.40. The van der Waals surface area contributed by atoms with Gasteiger partial charge in [-0.1, -0.05) is 91.4 Å². The zero-order valence-corrected chi connectivity index (χ0v) is 15.1. The van der Waals surface area contributed by atoms with Crippen LogP contribution < -0.4 is 5.73 Å². The number of rotatable bonds is 10. The predicted octanol–water partition coefficient (Wildman–Crippen LogP) is 6.31. The minimum Gasteiger partial charge on any atom is -0.330 e. The van der Waals surface area contributed by atoms with Crippen molar-refractivity contribution < 1.29 is 0 Å². The molecule has 1 aliphatic carbocycles. The van der Waals surface area contributed by atoms with Crippen molar-refractivity contribution in [1.82, 2.24) is 0 Å². The second kappa shape index (κ2) is 10.6. The average Bonchev–Trinajstić information content (AvgIpc) is 2.45. The highest BCUT2D eigenvalue weighted by Crippen LogP contribution is 2.43. The van der Waals surface area contributed by atoms with Crippen LogP contribution in [0.2, 0.25) is 0 Å². The monoisotopic (exact) mass is 295 g/mol. The lowest BCUT2D eigenvalue weighted by atomic mass is 9.65. The Kier molecular flexibility index (Phi) is 9.64. The average molecular weight is 296 g/mol. The molecule has 1 rings (SSSR count). The summed E-state index contributed by atoms with van der Waals surface area (Å²) in [6, 6.07) is 0. The van der Waals surface area contributed by atoms with E-state index in [9.17, 15) is 0 Å². The summed E-state index contributed by atoms with van der Waals surface area (Å²) in [6.45, 7) is 8.24. The van der Waals surface area contributed by atoms with Crippen LogP contribution in [0.5, 0.6) is 0 Å². The molecule has 2 N–H and O–H groups in total. The molecular weight excluding hydrogens is 254 g/mol. The Labute approximate surface area is 134 Å². The highest BCUT2D eigenvalue weighted by atomic mass is 14.5. The van der Waals surface area contributed by atoms with Gasteiger partial charge >= 0.3 is 0 Å². The zero-order chi connectivity index (χ0) is 15.6. The number of hydrogen-bond donors (Lipinski definition) is 1. The normalized spacial score (nSPS) is 23.4. The van der Waals surface area contributed by atoms with Crippen LogP contribution in [-0.4, -0.2) is 6.54 Å². The van der Waals surface area contributed by atoms with Crippen molar-refractivity contribution >= 4 is 0 Å². The van der Waals surface area contributed by atoms with Crippen LogP contribution in [0.15, 0.2) is 0 Å². The van der Waals surface area contributed by atoms with Crippen LogP contribution in [0.4, 0.5) is 0 Å². The van der Waals surface area contributed by atoms with Gasteiger partial charge in [0.1, 0.15) is 0 Å². The van der Waals surface area contributed by atoms with Crippen molar-refractivity contribution in [2.45, 2.75) is 104 Å². The van der Waals surface area contributed by atoms with E-state index in [2.05, 4.69) is 20.8 Å². The highest BCUT2D eigenvalue weighted by Gasteiger charge is 2.33. The number of hydrogen-bond acceptors (Lipinski definition) is 1. The molecule has 126 valence electrons. The van der Waals surface area contributed by atoms with E-state index in [1.165, 1.54) is 83.5 Å². The van der Waals surface area contributed by atoms with E-state index in [-0.39, 0.29) is 0 Å². The third kappa shape index (κ3) is 8.24. The molecular formula is C20H41N. The quantitative estimate of drug-likeness (QED) is 0.470. The van der Waals surface area contributed by atoms with E-state index >= 15 is 0 Å². The van der Waals surface area contributed by atoms with Gasteiger partial charge in [-0.15, -0.1) is 0 Å². The summed E-state index contributed by atoms with van der Waals surface area (Å²) < 4.78 is 0. The molecule has 0 amide bonds. The molecule has 21 heavy (non-hydrogen) atoms. The fraction of sp³-hybridized carbons (Fsp3) is 1.00. The first-order valence-corrected chi connectivity index (χ1v) is 9.76. The summed E-state index contributed by atoms with van der Waals surface area (Å²) in [6.07, 6.45) is 18.6. The van der Waals surface area contributed by atoms with Crippen LogP contribution in [0, 0.1) is 17.3 Å². The van der Waals surface area contributed by atoms with Gasteiger partial charge in [0.25, 0.3) is 0 Å². The van der Waals surface area contributed by atoms with Crippen LogP contribution in [0.1, 0.15) is 104 Å². The molecule has 1 aliphatic rings. The molecule has 0 aromatic heterocycles. The van der Waals surface area contributed by atoms with Crippen molar-refractivity contribution in [2.75, 3.05) is 6.54 Å². The Morgan fingerprint density at radius 2 is 1.29 bits per heavy atom. The smallest absolute Gasteiger partial charge is 0.00773 e. The molecule has 0 heterocycles. The number of nitrogens with two attached hydrogens (primary N) is 1. The molecule has 0 spiro atoms. The molecule has 0 aromatic rings. The molecule has 0 saturated heterocycles. The van der Waals surface area contributed by atoms with E-state index in [1.54, 1.807) is 0 Å². The van der Waals surface area contributed by atoms with Crippen molar-refractivity contribution in [1.29, 1.82) is 0 Å². The molecule has 1 saturated carbocycles. The molecule has 2 unspecified atom stereocenters. The zero-order valence-electron chi connectivity index (χ0n) is 15.1. The predicted molar refractivity (Wildman–Crippen MR) is 95.5 cm³/mol. The SMILES string of the molecule is CC(C)(C)C1CCCCC1CCCCCCCCCCN. The van der Waals surface area contributed by atoms with Crippen molar-refractivity contribution in [3.63, 3.8) is 0 Å². The van der Waals surface area contributed by atoms with Crippen LogP contribution in [-0.2, 0) is 0 Å². The van der Waals surface area contributed by atoms with Gasteiger partial charge in [-0.3, -0.25) is 0 Å². The van der Waals surface area contributed by atoms with Gasteiger partial charge < -0.3 is 5.73 Å². The molecule has 0 aromatic carbocycles. The fourth-order valence-electron chi connectivity index (χ4n) is 4.30. The second-order valence-electron chi connectivity index (χ2n) is 8.42. The Hall–Kier alpha value is -0.0400. The van der Waals surface area contributed by atoms with Gasteiger partial charge in [0.05, 0.1) is 0 Å². The molecule has 0 bridgehead atoms. The van der Waals surface area contributed by atoms with Crippen LogP contribution >= 0.6 is 0 Å². The molecule has 2 atom stereocenters. The minimum atomic E-state index is 0.522. The number of unbranched alkanes of at least 4 members (excludes halogenated alkanes) is 7. The molecule has 1 nitrogen and oxygen atoms in total. The summed E-state index contributed by atoms with van der Waals surface area (Å²) >= 11 is 0. The maximum absolute atomic E-state index is 5.52. The summed E-state index contributed by atoms with van der Waals surface area (Å²) in [4.78, 5) is 0. The third-order valence-corrected chi connectivity index (χ3v) is 5.55. The molecule has 1 fully saturated rings. The van der Waals surface area contributed by atoms with E-state index in [0.717, 1.165) is 18.4 Å². The summed E-state index contributed by atoms with van der Waals surface area (Å²) in [7, 11) is 0. The topological polar surface area (TPSA) is 26.0 Å². The minimum absolute atomic E-state index is 0.522. The van der Waals surface area contributed by atoms with E-state index in [4.69, 9.17) is 5.73 Å². The molecule has 1 heteroatoms. The maximum atomic E-state index is 5.52. The highest BCUT2D eigenvalue weighted by molar-refractivity contribution is 4.83. The lowest BCUT2D eigenvalue weighted by molar-refractivity contribution is 0.0995. The first kappa shape index (κ1) is 19.0. The molecule has 0 aliphatic heterocycles. The fourth-order valence-corrected chi connectivity index (χ4v) is 4.30. The lowest BCUT2D eigenvalue weighted by Crippen LogP contribution is -2.31. The van der Waals surface area contributed by atoms with Gasteiger partial charge in [-0.25, -0.2) is 0 Å². The van der Waals surface area contributed by atoms with E-state index in [1.807, 2.05) is 0 Å². The van der Waals surface area contributed by atoms with Gasteiger partial charge in [-0.2, -0.15) is 0 Å². The second-order valence-corrected chi connectivity index (χ2v) is 8.42. The van der Waals surface area contributed by atoms with Gasteiger partial charge in [-0.05, 0) is 36.6 Å². The first-order chi connectivity index (χ1) is 10.1.